The third-order valence-corrected chi connectivity index (χ3v) is 5.88. The highest BCUT2D eigenvalue weighted by atomic mass is 16.4. The van der Waals surface area contributed by atoms with E-state index < -0.39 is 0 Å². The number of fused-ring (bicyclic) bond motifs is 1. The summed E-state index contributed by atoms with van der Waals surface area (Å²) < 4.78 is 0. The Morgan fingerprint density at radius 3 is 1.92 bits per heavy atom. The lowest BCUT2D eigenvalue weighted by Gasteiger charge is -2.42. The van der Waals surface area contributed by atoms with Crippen LogP contribution in [0.4, 0.5) is 0 Å². The topological polar surface area (TPSA) is 32.6 Å². The molecule has 0 aromatic heterocycles. The number of aryl methyl sites for hydroxylation is 2. The highest BCUT2D eigenvalue weighted by Gasteiger charge is 2.37. The predicted octanol–water partition coefficient (Wildman–Crippen LogP) is 5.88. The maximum atomic E-state index is 9.75. The van der Waals surface area contributed by atoms with Crippen LogP contribution in [0.5, 0.6) is 0 Å². The minimum Gasteiger partial charge on any atom is -0.410 e. The summed E-state index contributed by atoms with van der Waals surface area (Å²) in [5, 5.41) is 13.4. The van der Waals surface area contributed by atoms with E-state index in [1.54, 1.807) is 0 Å². The number of hydrogen-bond donors (Lipinski definition) is 1. The van der Waals surface area contributed by atoms with E-state index in [2.05, 4.69) is 71.0 Å². The van der Waals surface area contributed by atoms with Gasteiger partial charge in [0.15, 0.2) is 0 Å². The number of oxime groups is 1. The molecule has 0 saturated heterocycles. The molecule has 1 aliphatic rings. The standard InChI is InChI=1S/C23H29NO/c1-15-7-9-17(10-8-15)21(24-25)18-14-20-19(13-16(18)2)22(3,4)11-12-23(20,5)6/h7-10,13-14,25H,11-12H2,1-6H3/b24-21-. The highest BCUT2D eigenvalue weighted by molar-refractivity contribution is 6.13. The van der Waals surface area contributed by atoms with Crippen LogP contribution in [0.3, 0.4) is 0 Å². The zero-order chi connectivity index (χ0) is 18.4. The SMILES string of the molecule is Cc1ccc(/C(=N/O)c2cc3c(cc2C)C(C)(C)CCC3(C)C)cc1. The van der Waals surface area contributed by atoms with Crippen molar-refractivity contribution in [2.24, 2.45) is 5.16 Å². The Morgan fingerprint density at radius 1 is 0.880 bits per heavy atom. The summed E-state index contributed by atoms with van der Waals surface area (Å²) in [5.74, 6) is 0. The average Bonchev–Trinajstić information content (AvgIpc) is 2.55. The summed E-state index contributed by atoms with van der Waals surface area (Å²) >= 11 is 0. The van der Waals surface area contributed by atoms with Crippen LogP contribution in [0.1, 0.15) is 73.9 Å². The Hall–Kier alpha value is -2.09. The smallest absolute Gasteiger partial charge is 0.117 e. The molecular formula is C23H29NO. The van der Waals surface area contributed by atoms with Crippen molar-refractivity contribution in [1.29, 1.82) is 0 Å². The number of benzene rings is 2. The normalized spacial score (nSPS) is 18.7. The summed E-state index contributed by atoms with van der Waals surface area (Å²) in [6.45, 7) is 13.5. The van der Waals surface area contributed by atoms with E-state index in [0.29, 0.717) is 5.71 Å². The molecule has 1 N–H and O–H groups in total. The van der Waals surface area contributed by atoms with Gasteiger partial charge in [-0.1, -0.05) is 68.7 Å². The first-order valence-corrected chi connectivity index (χ1v) is 9.11. The zero-order valence-electron chi connectivity index (χ0n) is 16.3. The largest absolute Gasteiger partial charge is 0.410 e. The summed E-state index contributed by atoms with van der Waals surface area (Å²) in [7, 11) is 0. The second kappa shape index (κ2) is 6.01. The van der Waals surface area contributed by atoms with Gasteiger partial charge in [-0.2, -0.15) is 0 Å². The lowest BCUT2D eigenvalue weighted by atomic mass is 9.62. The molecule has 3 rings (SSSR count). The summed E-state index contributed by atoms with van der Waals surface area (Å²) in [6, 6.07) is 12.7. The Balaban J connectivity index is 2.19. The van der Waals surface area contributed by atoms with Gasteiger partial charge < -0.3 is 5.21 Å². The van der Waals surface area contributed by atoms with E-state index in [4.69, 9.17) is 0 Å². The van der Waals surface area contributed by atoms with Gasteiger partial charge in [-0.15, -0.1) is 0 Å². The van der Waals surface area contributed by atoms with Crippen molar-refractivity contribution < 1.29 is 5.21 Å². The molecule has 2 nitrogen and oxygen atoms in total. The number of hydrogen-bond acceptors (Lipinski definition) is 2. The van der Waals surface area contributed by atoms with Crippen molar-refractivity contribution in [3.63, 3.8) is 0 Å². The van der Waals surface area contributed by atoms with Crippen molar-refractivity contribution in [2.75, 3.05) is 0 Å². The molecular weight excluding hydrogens is 306 g/mol. The van der Waals surface area contributed by atoms with Gasteiger partial charge in [-0.05, 0) is 60.3 Å². The minimum absolute atomic E-state index is 0.140. The first kappa shape index (κ1) is 17.7. The Bertz CT molecular complexity index is 826. The van der Waals surface area contributed by atoms with Crippen LogP contribution < -0.4 is 0 Å². The molecule has 0 saturated carbocycles. The lowest BCUT2D eigenvalue weighted by Crippen LogP contribution is -2.34. The van der Waals surface area contributed by atoms with E-state index in [-0.39, 0.29) is 10.8 Å². The van der Waals surface area contributed by atoms with Crippen LogP contribution in [0.2, 0.25) is 0 Å². The van der Waals surface area contributed by atoms with Crippen LogP contribution in [-0.4, -0.2) is 10.9 Å². The Kier molecular flexibility index (Phi) is 4.26. The van der Waals surface area contributed by atoms with Crippen LogP contribution >= 0.6 is 0 Å². The fourth-order valence-corrected chi connectivity index (χ4v) is 3.96. The molecule has 132 valence electrons. The first-order chi connectivity index (χ1) is 11.7. The first-order valence-electron chi connectivity index (χ1n) is 9.11. The summed E-state index contributed by atoms with van der Waals surface area (Å²) in [5.41, 5.74) is 8.14. The lowest BCUT2D eigenvalue weighted by molar-refractivity contribution is 0.319. The average molecular weight is 335 g/mol. The number of rotatable bonds is 2. The van der Waals surface area contributed by atoms with Gasteiger partial charge >= 0.3 is 0 Å². The molecule has 0 aliphatic heterocycles. The van der Waals surface area contributed by atoms with Gasteiger partial charge in [0.05, 0.1) is 0 Å². The van der Waals surface area contributed by atoms with Gasteiger partial charge in [-0.25, -0.2) is 0 Å². The fraction of sp³-hybridized carbons (Fsp3) is 0.435. The second-order valence-corrected chi connectivity index (χ2v) is 8.80. The van der Waals surface area contributed by atoms with E-state index in [9.17, 15) is 5.21 Å². The summed E-state index contributed by atoms with van der Waals surface area (Å²) in [6.07, 6.45) is 2.37. The van der Waals surface area contributed by atoms with E-state index >= 15 is 0 Å². The molecule has 0 radical (unpaired) electrons. The zero-order valence-corrected chi connectivity index (χ0v) is 16.3. The van der Waals surface area contributed by atoms with Crippen LogP contribution in [0.15, 0.2) is 41.6 Å². The molecule has 0 bridgehead atoms. The molecule has 0 spiro atoms. The predicted molar refractivity (Wildman–Crippen MR) is 105 cm³/mol. The molecule has 25 heavy (non-hydrogen) atoms. The van der Waals surface area contributed by atoms with Crippen molar-refractivity contribution in [2.45, 2.75) is 65.2 Å². The molecule has 0 atom stereocenters. The molecule has 0 heterocycles. The third-order valence-electron chi connectivity index (χ3n) is 5.88. The van der Waals surface area contributed by atoms with Crippen LogP contribution in [0, 0.1) is 13.8 Å². The molecule has 2 aromatic rings. The minimum atomic E-state index is 0.140. The van der Waals surface area contributed by atoms with Crippen molar-refractivity contribution in [3.05, 3.63) is 69.8 Å². The van der Waals surface area contributed by atoms with E-state index in [0.717, 1.165) is 16.7 Å². The maximum Gasteiger partial charge on any atom is 0.117 e. The van der Waals surface area contributed by atoms with Crippen molar-refractivity contribution >= 4 is 5.71 Å². The van der Waals surface area contributed by atoms with Gasteiger partial charge in [0, 0.05) is 11.1 Å². The van der Waals surface area contributed by atoms with Gasteiger partial charge in [0.2, 0.25) is 0 Å². The highest BCUT2D eigenvalue weighted by Crippen LogP contribution is 2.46. The van der Waals surface area contributed by atoms with Gasteiger partial charge in [0.1, 0.15) is 5.71 Å². The number of nitrogens with zero attached hydrogens (tertiary/aromatic N) is 1. The third kappa shape index (κ3) is 3.10. The fourth-order valence-electron chi connectivity index (χ4n) is 3.96. The van der Waals surface area contributed by atoms with Crippen LogP contribution in [0.25, 0.3) is 0 Å². The second-order valence-electron chi connectivity index (χ2n) is 8.80. The molecule has 0 unspecified atom stereocenters. The van der Waals surface area contributed by atoms with Gasteiger partial charge in [0.25, 0.3) is 0 Å². The summed E-state index contributed by atoms with van der Waals surface area (Å²) in [4.78, 5) is 0. The maximum absolute atomic E-state index is 9.75. The Labute approximate surface area is 151 Å². The van der Waals surface area contributed by atoms with Crippen molar-refractivity contribution in [3.8, 4) is 0 Å². The molecule has 0 amide bonds. The van der Waals surface area contributed by atoms with Gasteiger partial charge in [-0.3, -0.25) is 0 Å². The monoisotopic (exact) mass is 335 g/mol. The van der Waals surface area contributed by atoms with Crippen molar-refractivity contribution in [1.82, 2.24) is 0 Å². The Morgan fingerprint density at radius 2 is 1.40 bits per heavy atom. The van der Waals surface area contributed by atoms with Crippen LogP contribution in [-0.2, 0) is 10.8 Å². The molecule has 2 aromatic carbocycles. The van der Waals surface area contributed by atoms with E-state index in [1.807, 2.05) is 12.1 Å². The van der Waals surface area contributed by atoms with E-state index in [1.165, 1.54) is 29.5 Å². The molecule has 1 aliphatic carbocycles. The quantitative estimate of drug-likeness (QED) is 0.415. The molecule has 0 fully saturated rings. The molecule has 2 heteroatoms.